The van der Waals surface area contributed by atoms with Gasteiger partial charge in [-0.05, 0) is 19.7 Å². The first-order valence-electron chi connectivity index (χ1n) is 6.52. The molecule has 1 aromatic carbocycles. The fraction of sp³-hybridized carbons (Fsp3) is 0.533. The number of carbonyl (C=O) groups is 1. The van der Waals surface area contributed by atoms with E-state index in [-0.39, 0.29) is 11.9 Å². The molecule has 106 valence electrons. The molecule has 0 aliphatic heterocycles. The van der Waals surface area contributed by atoms with Gasteiger partial charge in [-0.25, -0.2) is 0 Å². The van der Waals surface area contributed by atoms with Crippen LogP contribution in [0.4, 0.5) is 0 Å². The van der Waals surface area contributed by atoms with Crippen LogP contribution in [0, 0.1) is 5.92 Å². The van der Waals surface area contributed by atoms with Crippen molar-refractivity contribution in [2.75, 3.05) is 32.1 Å². The number of carbonyl (C=O) groups excluding carboxylic acids is 1. The van der Waals surface area contributed by atoms with Gasteiger partial charge in [-0.15, -0.1) is 0 Å². The fourth-order valence-electron chi connectivity index (χ4n) is 1.45. The van der Waals surface area contributed by atoms with Gasteiger partial charge in [-0.3, -0.25) is 4.79 Å². The van der Waals surface area contributed by atoms with Crippen molar-refractivity contribution < 1.29 is 9.53 Å². The third-order valence-electron chi connectivity index (χ3n) is 2.68. The van der Waals surface area contributed by atoms with E-state index in [1.807, 2.05) is 37.3 Å². The lowest BCUT2D eigenvalue weighted by molar-refractivity contribution is -0.148. The summed E-state index contributed by atoms with van der Waals surface area (Å²) in [6, 6.07) is 9.77. The number of thioether (sulfide) groups is 1. The standard InChI is InChI=1S/C15H23NO2S/c1-13(12-19-10-9-16(2)3)15(17)18-11-14-7-5-4-6-8-14/h4-8,13H,9-12H2,1-3H3. The number of esters is 1. The average molecular weight is 281 g/mol. The Kier molecular flexibility index (Phi) is 7.60. The molecule has 0 saturated carbocycles. The van der Waals surface area contributed by atoms with Crippen molar-refractivity contribution in [3.05, 3.63) is 35.9 Å². The van der Waals surface area contributed by atoms with Crippen molar-refractivity contribution in [2.45, 2.75) is 13.5 Å². The van der Waals surface area contributed by atoms with E-state index in [1.165, 1.54) is 0 Å². The van der Waals surface area contributed by atoms with Gasteiger partial charge < -0.3 is 9.64 Å². The van der Waals surface area contributed by atoms with E-state index < -0.39 is 0 Å². The molecule has 0 saturated heterocycles. The van der Waals surface area contributed by atoms with E-state index in [9.17, 15) is 4.79 Å². The first-order valence-corrected chi connectivity index (χ1v) is 7.68. The lowest BCUT2D eigenvalue weighted by atomic mass is 10.2. The predicted octanol–water partition coefficient (Wildman–Crippen LogP) is 2.66. The smallest absolute Gasteiger partial charge is 0.309 e. The lowest BCUT2D eigenvalue weighted by Gasteiger charge is -2.12. The van der Waals surface area contributed by atoms with Crippen molar-refractivity contribution in [2.24, 2.45) is 5.92 Å². The Morgan fingerprint density at radius 3 is 2.63 bits per heavy atom. The Morgan fingerprint density at radius 1 is 1.32 bits per heavy atom. The van der Waals surface area contributed by atoms with Crippen LogP contribution in [0.5, 0.6) is 0 Å². The Bertz CT molecular complexity index is 368. The number of rotatable bonds is 8. The summed E-state index contributed by atoms with van der Waals surface area (Å²) in [5.41, 5.74) is 1.03. The summed E-state index contributed by atoms with van der Waals surface area (Å²) in [7, 11) is 4.11. The van der Waals surface area contributed by atoms with Gasteiger partial charge in [0.25, 0.3) is 0 Å². The molecule has 0 aliphatic carbocycles. The van der Waals surface area contributed by atoms with Crippen molar-refractivity contribution in [1.82, 2.24) is 4.90 Å². The molecule has 0 radical (unpaired) electrons. The predicted molar refractivity (Wildman–Crippen MR) is 81.3 cm³/mol. The molecule has 0 amide bonds. The van der Waals surface area contributed by atoms with E-state index in [0.717, 1.165) is 23.6 Å². The minimum Gasteiger partial charge on any atom is -0.461 e. The molecule has 3 nitrogen and oxygen atoms in total. The molecule has 1 aromatic rings. The van der Waals surface area contributed by atoms with E-state index in [4.69, 9.17) is 4.74 Å². The van der Waals surface area contributed by atoms with Crippen molar-refractivity contribution >= 4 is 17.7 Å². The molecule has 19 heavy (non-hydrogen) atoms. The molecule has 1 rings (SSSR count). The molecule has 0 aliphatic rings. The number of hydrogen-bond acceptors (Lipinski definition) is 4. The van der Waals surface area contributed by atoms with Crippen LogP contribution >= 0.6 is 11.8 Å². The highest BCUT2D eigenvalue weighted by molar-refractivity contribution is 7.99. The van der Waals surface area contributed by atoms with Crippen molar-refractivity contribution in [3.63, 3.8) is 0 Å². The molecule has 0 spiro atoms. The molecular formula is C15H23NO2S. The summed E-state index contributed by atoms with van der Waals surface area (Å²) in [5, 5.41) is 0. The summed E-state index contributed by atoms with van der Waals surface area (Å²) in [4.78, 5) is 13.9. The monoisotopic (exact) mass is 281 g/mol. The van der Waals surface area contributed by atoms with Crippen molar-refractivity contribution in [3.8, 4) is 0 Å². The van der Waals surface area contributed by atoms with Gasteiger partial charge in [0, 0.05) is 18.1 Å². The second-order valence-corrected chi connectivity index (χ2v) is 6.02. The average Bonchev–Trinajstić information content (AvgIpc) is 2.41. The number of hydrogen-bond donors (Lipinski definition) is 0. The number of nitrogens with zero attached hydrogens (tertiary/aromatic N) is 1. The zero-order chi connectivity index (χ0) is 14.1. The molecule has 0 fully saturated rings. The van der Waals surface area contributed by atoms with Gasteiger partial charge in [0.1, 0.15) is 6.61 Å². The van der Waals surface area contributed by atoms with E-state index in [1.54, 1.807) is 11.8 Å². The third kappa shape index (κ3) is 7.23. The van der Waals surface area contributed by atoms with Crippen LogP contribution in [0.25, 0.3) is 0 Å². The number of ether oxygens (including phenoxy) is 1. The van der Waals surface area contributed by atoms with Crippen LogP contribution in [-0.4, -0.2) is 43.0 Å². The van der Waals surface area contributed by atoms with Crippen LogP contribution in [0.2, 0.25) is 0 Å². The minimum absolute atomic E-state index is 0.0455. The summed E-state index contributed by atoms with van der Waals surface area (Å²) in [6.07, 6.45) is 0. The first-order chi connectivity index (χ1) is 9.09. The van der Waals surface area contributed by atoms with Crippen LogP contribution in [-0.2, 0) is 16.1 Å². The molecule has 0 N–H and O–H groups in total. The summed E-state index contributed by atoms with van der Waals surface area (Å²) < 4.78 is 5.31. The Balaban J connectivity index is 2.18. The highest BCUT2D eigenvalue weighted by atomic mass is 32.2. The second kappa shape index (κ2) is 8.99. The number of benzene rings is 1. The van der Waals surface area contributed by atoms with Gasteiger partial charge in [-0.1, -0.05) is 37.3 Å². The van der Waals surface area contributed by atoms with Crippen molar-refractivity contribution in [1.29, 1.82) is 0 Å². The highest BCUT2D eigenvalue weighted by Crippen LogP contribution is 2.11. The maximum atomic E-state index is 11.8. The van der Waals surface area contributed by atoms with Gasteiger partial charge in [0.15, 0.2) is 0 Å². The minimum atomic E-state index is -0.110. The maximum Gasteiger partial charge on any atom is 0.309 e. The third-order valence-corrected chi connectivity index (χ3v) is 3.88. The van der Waals surface area contributed by atoms with Crippen LogP contribution in [0.3, 0.4) is 0 Å². The summed E-state index contributed by atoms with van der Waals surface area (Å²) in [5.74, 6) is 1.71. The van der Waals surface area contributed by atoms with Gasteiger partial charge in [0.05, 0.1) is 5.92 Å². The Labute approximate surface area is 120 Å². The first kappa shape index (κ1) is 16.1. The van der Waals surface area contributed by atoms with Gasteiger partial charge in [-0.2, -0.15) is 11.8 Å². The highest BCUT2D eigenvalue weighted by Gasteiger charge is 2.14. The van der Waals surface area contributed by atoms with Gasteiger partial charge >= 0.3 is 5.97 Å². The van der Waals surface area contributed by atoms with Crippen LogP contribution in [0.15, 0.2) is 30.3 Å². The van der Waals surface area contributed by atoms with Crippen LogP contribution < -0.4 is 0 Å². The van der Waals surface area contributed by atoms with E-state index >= 15 is 0 Å². The molecule has 0 bridgehead atoms. The molecule has 0 aromatic heterocycles. The van der Waals surface area contributed by atoms with E-state index in [2.05, 4.69) is 19.0 Å². The summed E-state index contributed by atoms with van der Waals surface area (Å²) in [6.45, 7) is 3.33. The molecular weight excluding hydrogens is 258 g/mol. The summed E-state index contributed by atoms with van der Waals surface area (Å²) >= 11 is 1.80. The molecule has 4 heteroatoms. The topological polar surface area (TPSA) is 29.5 Å². The van der Waals surface area contributed by atoms with Crippen LogP contribution in [0.1, 0.15) is 12.5 Å². The Hall–Kier alpha value is -1.00. The molecule has 1 unspecified atom stereocenters. The van der Waals surface area contributed by atoms with E-state index in [0.29, 0.717) is 6.61 Å². The zero-order valence-corrected chi connectivity index (χ0v) is 12.8. The van der Waals surface area contributed by atoms with Gasteiger partial charge in [0.2, 0.25) is 0 Å². The molecule has 0 heterocycles. The zero-order valence-electron chi connectivity index (χ0n) is 12.0. The largest absolute Gasteiger partial charge is 0.461 e. The second-order valence-electron chi connectivity index (χ2n) is 4.87. The fourth-order valence-corrected chi connectivity index (χ4v) is 2.60. The Morgan fingerprint density at radius 2 is 2.00 bits per heavy atom. The SMILES string of the molecule is CC(CSCCN(C)C)C(=O)OCc1ccccc1. The quantitative estimate of drug-likeness (QED) is 0.541. The normalized spacial score (nSPS) is 12.4. The lowest BCUT2D eigenvalue weighted by Crippen LogP contribution is -2.19. The molecule has 1 atom stereocenters. The maximum absolute atomic E-state index is 11.8.